The molecule has 1 heterocycles. The van der Waals surface area contributed by atoms with Crippen LogP contribution in [0.3, 0.4) is 0 Å². The molecule has 1 aromatic rings. The molecule has 0 aliphatic heterocycles. The lowest BCUT2D eigenvalue weighted by atomic mass is 10.5. The van der Waals surface area contributed by atoms with Crippen LogP contribution in [0.4, 0.5) is 5.82 Å². The third-order valence-electron chi connectivity index (χ3n) is 3.07. The highest BCUT2D eigenvalue weighted by Gasteiger charge is 2.18. The number of imidazole rings is 1. The van der Waals surface area contributed by atoms with Crippen molar-refractivity contribution in [3.05, 3.63) is 12.0 Å². The normalized spacial score (nSPS) is 13.0. The summed E-state index contributed by atoms with van der Waals surface area (Å²) in [6.45, 7) is 12.1. The molecule has 1 aromatic heterocycles. The first kappa shape index (κ1) is 19.1. The second-order valence-corrected chi connectivity index (χ2v) is 12.4. The van der Waals surface area contributed by atoms with Gasteiger partial charge in [-0.1, -0.05) is 19.6 Å². The summed E-state index contributed by atoms with van der Waals surface area (Å²) in [5.41, 5.74) is 0. The molecule has 0 fully saturated rings. The van der Waals surface area contributed by atoms with Gasteiger partial charge in [0.05, 0.1) is 12.8 Å². The average molecular weight is 346 g/mol. The van der Waals surface area contributed by atoms with E-state index in [0.29, 0.717) is 19.2 Å². The van der Waals surface area contributed by atoms with E-state index >= 15 is 0 Å². The van der Waals surface area contributed by atoms with Gasteiger partial charge in [0, 0.05) is 14.7 Å². The van der Waals surface area contributed by atoms with Crippen molar-refractivity contribution in [1.29, 1.82) is 0 Å². The van der Waals surface area contributed by atoms with Gasteiger partial charge in [-0.3, -0.25) is 4.57 Å². The zero-order valence-electron chi connectivity index (χ0n) is 14.0. The first-order valence-electron chi connectivity index (χ1n) is 7.45. The Morgan fingerprint density at radius 1 is 1.50 bits per heavy atom. The maximum Gasteiger partial charge on any atom is 0.338 e. The minimum atomic E-state index is -1.10. The number of rotatable bonds is 9. The van der Waals surface area contributed by atoms with Crippen LogP contribution >= 0.6 is 12.6 Å². The Bertz CT molecular complexity index is 488. The Morgan fingerprint density at radius 3 is 2.77 bits per heavy atom. The highest BCUT2D eigenvalue weighted by molar-refractivity contribution is 7.81. The van der Waals surface area contributed by atoms with Crippen LogP contribution in [-0.2, 0) is 21.0 Å². The molecule has 8 heteroatoms. The van der Waals surface area contributed by atoms with E-state index in [9.17, 15) is 4.79 Å². The Labute approximate surface area is 139 Å². The van der Waals surface area contributed by atoms with Crippen LogP contribution in [0.5, 0.6) is 0 Å². The van der Waals surface area contributed by atoms with Crippen LogP contribution in [0.25, 0.3) is 0 Å². The number of anilines is 1. The summed E-state index contributed by atoms with van der Waals surface area (Å²) in [6, 6.07) is 1.11. The van der Waals surface area contributed by atoms with Gasteiger partial charge in [-0.05, 0) is 19.9 Å². The molecule has 0 saturated heterocycles. The van der Waals surface area contributed by atoms with E-state index in [1.54, 1.807) is 13.1 Å². The van der Waals surface area contributed by atoms with E-state index in [0.717, 1.165) is 18.5 Å². The third-order valence-corrected chi connectivity index (χ3v) is 5.11. The maximum absolute atomic E-state index is 11.6. The highest BCUT2D eigenvalue weighted by atomic mass is 32.1. The zero-order valence-corrected chi connectivity index (χ0v) is 15.9. The number of aromatic nitrogens is 2. The summed E-state index contributed by atoms with van der Waals surface area (Å²) in [7, 11) is -1.10. The quantitative estimate of drug-likeness (QED) is 0.237. The molecular weight excluding hydrogens is 318 g/mol. The first-order valence-corrected chi connectivity index (χ1v) is 11.7. The van der Waals surface area contributed by atoms with Gasteiger partial charge >= 0.3 is 5.97 Å². The van der Waals surface area contributed by atoms with Crippen molar-refractivity contribution in [3.8, 4) is 0 Å². The highest BCUT2D eigenvalue weighted by Crippen LogP contribution is 2.15. The third kappa shape index (κ3) is 6.41. The van der Waals surface area contributed by atoms with Crippen molar-refractivity contribution >= 4 is 32.5 Å². The number of aryl methyl sites for hydroxylation is 1. The fourth-order valence-electron chi connectivity index (χ4n) is 1.70. The van der Waals surface area contributed by atoms with Crippen LogP contribution in [0.15, 0.2) is 6.20 Å². The van der Waals surface area contributed by atoms with Gasteiger partial charge in [0.25, 0.3) is 0 Å². The van der Waals surface area contributed by atoms with Crippen molar-refractivity contribution in [1.82, 2.24) is 9.55 Å². The second kappa shape index (κ2) is 8.59. The van der Waals surface area contributed by atoms with Gasteiger partial charge in [0.2, 0.25) is 0 Å². The number of nitrogens with one attached hydrogen (secondary N) is 1. The molecule has 0 aliphatic carbocycles. The largest absolute Gasteiger partial charge is 0.464 e. The molecule has 0 aliphatic rings. The van der Waals surface area contributed by atoms with Crippen molar-refractivity contribution in [2.24, 2.45) is 0 Å². The van der Waals surface area contributed by atoms with E-state index in [-0.39, 0.29) is 0 Å². The lowest BCUT2D eigenvalue weighted by Gasteiger charge is -2.18. The molecule has 0 aromatic carbocycles. The van der Waals surface area contributed by atoms with Crippen LogP contribution in [0.2, 0.25) is 25.7 Å². The molecule has 0 saturated carbocycles. The van der Waals surface area contributed by atoms with E-state index in [1.165, 1.54) is 0 Å². The van der Waals surface area contributed by atoms with Gasteiger partial charge < -0.3 is 14.8 Å². The van der Waals surface area contributed by atoms with Gasteiger partial charge in [0.1, 0.15) is 18.4 Å². The first-order chi connectivity index (χ1) is 10.2. The number of nitrogens with zero attached hydrogens (tertiary/aromatic N) is 2. The summed E-state index contributed by atoms with van der Waals surface area (Å²) < 4.78 is 12.5. The smallest absolute Gasteiger partial charge is 0.338 e. The van der Waals surface area contributed by atoms with E-state index < -0.39 is 19.4 Å². The predicted molar refractivity (Wildman–Crippen MR) is 94.1 cm³/mol. The molecule has 126 valence electrons. The lowest BCUT2D eigenvalue weighted by Crippen LogP contribution is -2.27. The van der Waals surface area contributed by atoms with Crippen molar-refractivity contribution < 1.29 is 14.3 Å². The summed E-state index contributed by atoms with van der Waals surface area (Å²) in [6.07, 6.45) is 1.67. The van der Waals surface area contributed by atoms with Crippen LogP contribution in [-0.4, -0.2) is 42.2 Å². The number of hydrogen-bond acceptors (Lipinski definition) is 6. The van der Waals surface area contributed by atoms with Gasteiger partial charge in [0.15, 0.2) is 5.37 Å². The van der Waals surface area contributed by atoms with Gasteiger partial charge in [-0.25, -0.2) is 9.78 Å². The molecule has 1 atom stereocenters. The number of carbonyl (C=O) groups excluding carboxylic acids is 1. The fraction of sp³-hybridized carbons (Fsp3) is 0.714. The molecule has 0 spiro atoms. The number of carbonyl (C=O) groups is 1. The lowest BCUT2D eigenvalue weighted by molar-refractivity contribution is -0.141. The Morgan fingerprint density at radius 2 is 2.18 bits per heavy atom. The molecular formula is C14H27N3O3SSi. The number of ether oxygens (including phenoxy) is 2. The summed E-state index contributed by atoms with van der Waals surface area (Å²) in [5.74, 6) is 1.11. The Balaban J connectivity index is 2.57. The number of esters is 1. The topological polar surface area (TPSA) is 65.4 Å². The fourth-order valence-corrected chi connectivity index (χ4v) is 2.66. The number of thiol groups is 1. The summed E-state index contributed by atoms with van der Waals surface area (Å²) >= 11 is 4.21. The Hall–Kier alpha value is -0.993. The molecule has 0 amide bonds. The molecule has 1 unspecified atom stereocenters. The molecule has 1 N–H and O–H groups in total. The SMILES string of the molecule is CCOC(=O)C(S)Nc1cnc(C)n1COCC[Si](C)(C)C. The van der Waals surface area contributed by atoms with Crippen molar-refractivity contribution in [2.75, 3.05) is 18.5 Å². The summed E-state index contributed by atoms with van der Waals surface area (Å²) in [4.78, 5) is 15.9. The Kier molecular flexibility index (Phi) is 7.44. The van der Waals surface area contributed by atoms with E-state index in [1.807, 2.05) is 11.5 Å². The molecule has 0 bridgehead atoms. The second-order valence-electron chi connectivity index (χ2n) is 6.27. The minimum absolute atomic E-state index is 0.329. The standard InChI is InChI=1S/C14H27N3O3SSi/c1-6-20-14(18)13(21)16-12-9-15-11(2)17(12)10-19-7-8-22(3,4)5/h9,13,16,21H,6-8,10H2,1-5H3. The van der Waals surface area contributed by atoms with Crippen molar-refractivity contribution in [3.63, 3.8) is 0 Å². The molecule has 22 heavy (non-hydrogen) atoms. The van der Waals surface area contributed by atoms with Crippen molar-refractivity contribution in [2.45, 2.75) is 51.6 Å². The molecule has 6 nitrogen and oxygen atoms in total. The molecule has 1 rings (SSSR count). The molecule has 0 radical (unpaired) electrons. The monoisotopic (exact) mass is 345 g/mol. The zero-order chi connectivity index (χ0) is 16.8. The maximum atomic E-state index is 11.6. The minimum Gasteiger partial charge on any atom is -0.464 e. The van der Waals surface area contributed by atoms with Crippen LogP contribution in [0, 0.1) is 6.92 Å². The van der Waals surface area contributed by atoms with E-state index in [2.05, 4.69) is 42.6 Å². The average Bonchev–Trinajstić information content (AvgIpc) is 2.75. The van der Waals surface area contributed by atoms with Gasteiger partial charge in [-0.15, -0.1) is 12.6 Å². The van der Waals surface area contributed by atoms with E-state index in [4.69, 9.17) is 9.47 Å². The summed E-state index contributed by atoms with van der Waals surface area (Å²) in [5, 5.41) is 2.27. The predicted octanol–water partition coefficient (Wildman–Crippen LogP) is 2.73. The van der Waals surface area contributed by atoms with Gasteiger partial charge in [-0.2, -0.15) is 0 Å². The number of hydrogen-bond donors (Lipinski definition) is 2. The van der Waals surface area contributed by atoms with Crippen LogP contribution in [0.1, 0.15) is 12.7 Å². The van der Waals surface area contributed by atoms with Crippen LogP contribution < -0.4 is 5.32 Å².